The summed E-state index contributed by atoms with van der Waals surface area (Å²) in [6, 6.07) is 0. The molecule has 1 N–H and O–H groups in total. The van der Waals surface area contributed by atoms with Gasteiger partial charge in [-0.25, -0.2) is 0 Å². The van der Waals surface area contributed by atoms with E-state index in [1.807, 2.05) is 6.92 Å². The standard InChI is InChI=1S/C7H10O3.C4H10O.H4Si/c1-2-3-5-4-6(8)10-7(5)9;1-2-3-4-5;/h5H,2-4H2,1H3;5H,2-4H2,1H3;1H4. The van der Waals surface area contributed by atoms with Gasteiger partial charge in [0.2, 0.25) is 0 Å². The molecule has 0 bridgehead atoms. The van der Waals surface area contributed by atoms with E-state index in [1.54, 1.807) is 0 Å². The molecule has 1 rings (SSSR count). The Labute approximate surface area is 101 Å². The number of rotatable bonds is 4. The van der Waals surface area contributed by atoms with Crippen LogP contribution in [-0.4, -0.2) is 34.6 Å². The average Bonchev–Trinajstić information content (AvgIpc) is 2.48. The molecule has 0 spiro atoms. The van der Waals surface area contributed by atoms with Gasteiger partial charge in [-0.1, -0.05) is 26.7 Å². The molecule has 4 nitrogen and oxygen atoms in total. The van der Waals surface area contributed by atoms with Crippen LogP contribution in [0, 0.1) is 5.92 Å². The monoisotopic (exact) mass is 248 g/mol. The topological polar surface area (TPSA) is 63.6 Å². The summed E-state index contributed by atoms with van der Waals surface area (Å²) in [6.07, 6.45) is 4.01. The molecule has 0 aromatic carbocycles. The molecule has 5 heteroatoms. The largest absolute Gasteiger partial charge is 0.396 e. The molecule has 0 radical (unpaired) electrons. The number of cyclic esters (lactones) is 2. The van der Waals surface area contributed by atoms with Crippen LogP contribution in [0.3, 0.4) is 0 Å². The maximum atomic E-state index is 10.7. The van der Waals surface area contributed by atoms with Gasteiger partial charge in [0.1, 0.15) is 0 Å². The number of ether oxygens (including phenoxy) is 1. The van der Waals surface area contributed by atoms with E-state index >= 15 is 0 Å². The summed E-state index contributed by atoms with van der Waals surface area (Å²) >= 11 is 0. The quantitative estimate of drug-likeness (QED) is 0.439. The van der Waals surface area contributed by atoms with E-state index in [9.17, 15) is 9.59 Å². The Kier molecular flexibility index (Phi) is 12.0. The van der Waals surface area contributed by atoms with Gasteiger partial charge < -0.3 is 9.84 Å². The molecular formula is C11H24O4Si. The first kappa shape index (κ1) is 17.7. The predicted molar refractivity (Wildman–Crippen MR) is 67.4 cm³/mol. The molecule has 1 fully saturated rings. The van der Waals surface area contributed by atoms with E-state index in [4.69, 9.17) is 5.11 Å². The van der Waals surface area contributed by atoms with E-state index in [2.05, 4.69) is 11.7 Å². The van der Waals surface area contributed by atoms with Crippen molar-refractivity contribution in [1.29, 1.82) is 0 Å². The van der Waals surface area contributed by atoms with Crippen LogP contribution in [-0.2, 0) is 14.3 Å². The fraction of sp³-hybridized carbons (Fsp3) is 0.818. The molecular weight excluding hydrogens is 224 g/mol. The van der Waals surface area contributed by atoms with Gasteiger partial charge in [0.15, 0.2) is 0 Å². The number of carbonyl (C=O) groups excluding carboxylic acids is 2. The normalized spacial score (nSPS) is 18.3. The minimum absolute atomic E-state index is 0. The third-order valence-corrected chi connectivity index (χ3v) is 2.11. The van der Waals surface area contributed by atoms with Crippen LogP contribution in [0.1, 0.15) is 46.0 Å². The van der Waals surface area contributed by atoms with Crippen LogP contribution in [0.25, 0.3) is 0 Å². The van der Waals surface area contributed by atoms with Crippen LogP contribution in [0.2, 0.25) is 0 Å². The summed E-state index contributed by atoms with van der Waals surface area (Å²) in [4.78, 5) is 21.2. The summed E-state index contributed by atoms with van der Waals surface area (Å²) in [5, 5.41) is 8.07. The Balaban J connectivity index is 0. The zero-order chi connectivity index (χ0) is 11.7. The Morgan fingerprint density at radius 2 is 1.94 bits per heavy atom. The number of aliphatic hydroxyl groups is 1. The van der Waals surface area contributed by atoms with E-state index in [0.29, 0.717) is 6.61 Å². The van der Waals surface area contributed by atoms with Crippen molar-refractivity contribution in [2.24, 2.45) is 5.92 Å². The first-order valence-corrected chi connectivity index (χ1v) is 5.51. The van der Waals surface area contributed by atoms with Crippen molar-refractivity contribution < 1.29 is 19.4 Å². The van der Waals surface area contributed by atoms with Crippen molar-refractivity contribution in [2.75, 3.05) is 6.61 Å². The Bertz CT molecular complexity index is 204. The molecule has 1 unspecified atom stereocenters. The number of carbonyl (C=O) groups is 2. The van der Waals surface area contributed by atoms with Crippen molar-refractivity contribution in [3.63, 3.8) is 0 Å². The average molecular weight is 248 g/mol. The van der Waals surface area contributed by atoms with E-state index in [0.717, 1.165) is 25.7 Å². The molecule has 0 saturated carbocycles. The fourth-order valence-corrected chi connectivity index (χ4v) is 1.25. The Morgan fingerprint density at radius 1 is 1.31 bits per heavy atom. The Hall–Kier alpha value is -0.683. The minimum atomic E-state index is -0.372. The zero-order valence-corrected chi connectivity index (χ0v) is 9.49. The van der Waals surface area contributed by atoms with Gasteiger partial charge in [-0.3, -0.25) is 9.59 Å². The number of unbranched alkanes of at least 4 members (excludes halogenated alkanes) is 1. The fourth-order valence-electron chi connectivity index (χ4n) is 1.25. The molecule has 0 aromatic heterocycles. The molecule has 0 amide bonds. The van der Waals surface area contributed by atoms with Crippen LogP contribution >= 0.6 is 0 Å². The second kappa shape index (κ2) is 10.8. The van der Waals surface area contributed by atoms with Crippen molar-refractivity contribution in [1.82, 2.24) is 0 Å². The van der Waals surface area contributed by atoms with Gasteiger partial charge >= 0.3 is 11.9 Å². The number of hydrogen-bond donors (Lipinski definition) is 1. The molecule has 96 valence electrons. The lowest BCUT2D eigenvalue weighted by Gasteiger charge is -1.97. The highest BCUT2D eigenvalue weighted by Gasteiger charge is 2.32. The number of aliphatic hydroxyl groups excluding tert-OH is 1. The first-order chi connectivity index (χ1) is 7.15. The lowest BCUT2D eigenvalue weighted by Crippen LogP contribution is -2.06. The van der Waals surface area contributed by atoms with E-state index < -0.39 is 0 Å². The number of hydrogen-bond acceptors (Lipinski definition) is 4. The Morgan fingerprint density at radius 3 is 2.19 bits per heavy atom. The van der Waals surface area contributed by atoms with Crippen molar-refractivity contribution >= 4 is 22.9 Å². The SMILES string of the molecule is CCCC1CC(=O)OC1=O.CCCCO.[SiH4]. The first-order valence-electron chi connectivity index (χ1n) is 5.51. The zero-order valence-electron chi connectivity index (χ0n) is 9.49. The number of esters is 2. The molecule has 1 atom stereocenters. The maximum absolute atomic E-state index is 10.7. The third kappa shape index (κ3) is 7.59. The molecule has 1 aliphatic heterocycles. The predicted octanol–water partition coefficient (Wildman–Crippen LogP) is 0.203. The maximum Gasteiger partial charge on any atom is 0.317 e. The molecule has 16 heavy (non-hydrogen) atoms. The molecule has 0 aliphatic carbocycles. The van der Waals surface area contributed by atoms with Crippen LogP contribution in [0.5, 0.6) is 0 Å². The molecule has 0 aromatic rings. The van der Waals surface area contributed by atoms with Gasteiger partial charge in [0, 0.05) is 6.61 Å². The van der Waals surface area contributed by atoms with E-state index in [-0.39, 0.29) is 35.2 Å². The van der Waals surface area contributed by atoms with Gasteiger partial charge in [-0.05, 0) is 23.8 Å². The second-order valence-electron chi connectivity index (χ2n) is 3.56. The van der Waals surface area contributed by atoms with Crippen LogP contribution in [0.4, 0.5) is 0 Å². The van der Waals surface area contributed by atoms with Crippen molar-refractivity contribution in [3.8, 4) is 0 Å². The van der Waals surface area contributed by atoms with Gasteiger partial charge in [0.05, 0.1) is 12.3 Å². The summed E-state index contributed by atoms with van der Waals surface area (Å²) < 4.78 is 4.35. The second-order valence-corrected chi connectivity index (χ2v) is 3.56. The van der Waals surface area contributed by atoms with Crippen molar-refractivity contribution in [2.45, 2.75) is 46.0 Å². The highest BCUT2D eigenvalue weighted by molar-refractivity contribution is 5.94. The third-order valence-electron chi connectivity index (χ3n) is 2.11. The van der Waals surface area contributed by atoms with Crippen LogP contribution in [0.15, 0.2) is 0 Å². The van der Waals surface area contributed by atoms with Gasteiger partial charge in [0.25, 0.3) is 0 Å². The summed E-state index contributed by atoms with van der Waals surface area (Å²) in [5.41, 5.74) is 0. The summed E-state index contributed by atoms with van der Waals surface area (Å²) in [5.74, 6) is -0.868. The van der Waals surface area contributed by atoms with E-state index in [1.165, 1.54) is 0 Å². The van der Waals surface area contributed by atoms with Crippen LogP contribution < -0.4 is 0 Å². The lowest BCUT2D eigenvalue weighted by atomic mass is 10.0. The van der Waals surface area contributed by atoms with Crippen molar-refractivity contribution in [3.05, 3.63) is 0 Å². The van der Waals surface area contributed by atoms with Gasteiger partial charge in [-0.15, -0.1) is 0 Å². The molecule has 1 aliphatic rings. The minimum Gasteiger partial charge on any atom is -0.396 e. The van der Waals surface area contributed by atoms with Gasteiger partial charge in [-0.2, -0.15) is 0 Å². The highest BCUT2D eigenvalue weighted by Crippen LogP contribution is 2.20. The molecule has 1 heterocycles. The highest BCUT2D eigenvalue weighted by atomic mass is 28.1. The molecule has 1 saturated heterocycles. The summed E-state index contributed by atoms with van der Waals surface area (Å²) in [7, 11) is 0. The smallest absolute Gasteiger partial charge is 0.317 e. The lowest BCUT2D eigenvalue weighted by molar-refractivity contribution is -0.153. The summed E-state index contributed by atoms with van der Waals surface area (Å²) in [6.45, 7) is 4.38.